The van der Waals surface area contributed by atoms with Crippen LogP contribution in [0.1, 0.15) is 5.56 Å². The molecule has 3 aromatic rings. The Balaban J connectivity index is 1.51. The third-order valence-corrected chi connectivity index (χ3v) is 6.76. The quantitative estimate of drug-likeness (QED) is 0.360. The van der Waals surface area contributed by atoms with Gasteiger partial charge in [0, 0.05) is 6.54 Å². The van der Waals surface area contributed by atoms with Crippen LogP contribution in [0, 0.1) is 9.77 Å². The van der Waals surface area contributed by atoms with E-state index in [1.54, 1.807) is 35.0 Å². The maximum atomic E-state index is 12.9. The van der Waals surface area contributed by atoms with E-state index in [1.807, 2.05) is 0 Å². The van der Waals surface area contributed by atoms with Crippen molar-refractivity contribution in [2.75, 3.05) is 12.3 Å². The maximum Gasteiger partial charge on any atom is 0.230 e. The lowest BCUT2D eigenvalue weighted by atomic mass is 10.1. The van der Waals surface area contributed by atoms with E-state index >= 15 is 0 Å². The molecule has 4 nitrogen and oxygen atoms in total. The number of carbonyl (C=O) groups excluding carboxylic acids is 1. The van der Waals surface area contributed by atoms with Gasteiger partial charge in [-0.2, -0.15) is 0 Å². The molecule has 1 N–H and O–H groups in total. The smallest absolute Gasteiger partial charge is 0.230 e. The zero-order valence-corrected chi connectivity index (χ0v) is 18.3. The van der Waals surface area contributed by atoms with Gasteiger partial charge in [-0.25, -0.2) is 9.07 Å². The molecule has 1 amide bonds. The number of hydrogen-bond donors (Lipinski definition) is 1. The summed E-state index contributed by atoms with van der Waals surface area (Å²) in [5, 5.41) is 8.15. The largest absolute Gasteiger partial charge is 0.355 e. The molecule has 146 valence electrons. The fourth-order valence-corrected chi connectivity index (χ4v) is 4.76. The highest BCUT2D eigenvalue weighted by Crippen LogP contribution is 2.27. The SMILES string of the molecule is O=C(CSc1nn(-c2ccc(Cl)c(Cl)c2)c(=S)s1)NCCc1ccc(F)cc1. The Kier molecular flexibility index (Phi) is 7.48. The molecular weight excluding hydrogens is 460 g/mol. The summed E-state index contributed by atoms with van der Waals surface area (Å²) in [6.07, 6.45) is 0.640. The summed E-state index contributed by atoms with van der Waals surface area (Å²) in [4.78, 5) is 12.0. The first-order chi connectivity index (χ1) is 13.4. The minimum atomic E-state index is -0.271. The van der Waals surface area contributed by atoms with Gasteiger partial charge in [-0.15, -0.1) is 5.10 Å². The molecule has 0 aliphatic rings. The lowest BCUT2D eigenvalue weighted by Gasteiger charge is -2.04. The number of nitrogens with zero attached hydrogens (tertiary/aromatic N) is 2. The van der Waals surface area contributed by atoms with E-state index in [9.17, 15) is 9.18 Å². The first-order valence-corrected chi connectivity index (χ1v) is 11.1. The van der Waals surface area contributed by atoms with E-state index in [0.29, 0.717) is 37.0 Å². The summed E-state index contributed by atoms with van der Waals surface area (Å²) in [5.41, 5.74) is 1.68. The molecule has 0 aliphatic carbocycles. The number of thioether (sulfide) groups is 1. The van der Waals surface area contributed by atoms with Crippen molar-refractivity contribution in [2.45, 2.75) is 10.8 Å². The Hall–Kier alpha value is -1.45. The number of hydrogen-bond acceptors (Lipinski definition) is 5. The predicted molar refractivity (Wildman–Crippen MR) is 116 cm³/mol. The van der Waals surface area contributed by atoms with Crippen molar-refractivity contribution < 1.29 is 9.18 Å². The van der Waals surface area contributed by atoms with Gasteiger partial charge in [-0.05, 0) is 54.5 Å². The molecule has 0 fully saturated rings. The fourth-order valence-electron chi connectivity index (χ4n) is 2.27. The lowest BCUT2D eigenvalue weighted by molar-refractivity contribution is -0.118. The molecule has 0 bridgehead atoms. The minimum Gasteiger partial charge on any atom is -0.355 e. The Labute approximate surface area is 184 Å². The van der Waals surface area contributed by atoms with Crippen molar-refractivity contribution in [3.8, 4) is 5.69 Å². The summed E-state index contributed by atoms with van der Waals surface area (Å²) < 4.78 is 15.7. The molecule has 10 heteroatoms. The van der Waals surface area contributed by atoms with Crippen LogP contribution in [0.5, 0.6) is 0 Å². The number of rotatable bonds is 7. The van der Waals surface area contributed by atoms with Crippen molar-refractivity contribution >= 4 is 64.4 Å². The first kappa shape index (κ1) is 21.3. The third kappa shape index (κ3) is 5.78. The van der Waals surface area contributed by atoms with Crippen molar-refractivity contribution in [3.63, 3.8) is 0 Å². The van der Waals surface area contributed by atoms with Gasteiger partial charge in [0.1, 0.15) is 5.82 Å². The van der Waals surface area contributed by atoms with Crippen LogP contribution in [-0.2, 0) is 11.2 Å². The van der Waals surface area contributed by atoms with E-state index in [0.717, 1.165) is 5.56 Å². The van der Waals surface area contributed by atoms with Gasteiger partial charge in [0.25, 0.3) is 0 Å². The standard InChI is InChI=1S/C18H14Cl2FN3OS3/c19-14-6-5-13(9-15(14)20)24-18(26)28-17(23-24)27-10-16(25)22-8-7-11-1-3-12(21)4-2-11/h1-6,9H,7-8,10H2,(H,22,25). The van der Waals surface area contributed by atoms with Crippen LogP contribution in [-0.4, -0.2) is 28.0 Å². The van der Waals surface area contributed by atoms with Crippen LogP contribution in [0.3, 0.4) is 0 Å². The minimum absolute atomic E-state index is 0.102. The molecule has 0 saturated carbocycles. The van der Waals surface area contributed by atoms with E-state index in [2.05, 4.69) is 10.4 Å². The first-order valence-electron chi connectivity index (χ1n) is 8.12. The highest BCUT2D eigenvalue weighted by molar-refractivity contribution is 8.01. The molecule has 0 spiro atoms. The molecular formula is C18H14Cl2FN3OS3. The lowest BCUT2D eigenvalue weighted by Crippen LogP contribution is -2.27. The Morgan fingerprint density at radius 2 is 1.96 bits per heavy atom. The van der Waals surface area contributed by atoms with E-state index in [4.69, 9.17) is 35.4 Å². The fraction of sp³-hybridized carbons (Fsp3) is 0.167. The molecule has 3 rings (SSSR count). The van der Waals surface area contributed by atoms with Crippen LogP contribution in [0.2, 0.25) is 10.0 Å². The van der Waals surface area contributed by atoms with Gasteiger partial charge in [0.15, 0.2) is 8.29 Å². The molecule has 2 aromatic carbocycles. The second kappa shape index (κ2) is 9.84. The molecule has 0 unspecified atom stereocenters. The summed E-state index contributed by atoms with van der Waals surface area (Å²) >= 11 is 20.0. The summed E-state index contributed by atoms with van der Waals surface area (Å²) in [6, 6.07) is 11.4. The average Bonchev–Trinajstić information content (AvgIpc) is 3.05. The number of aromatic nitrogens is 2. The molecule has 1 heterocycles. The van der Waals surface area contributed by atoms with Gasteiger partial charge >= 0.3 is 0 Å². The third-order valence-electron chi connectivity index (χ3n) is 3.65. The van der Waals surface area contributed by atoms with E-state index in [1.165, 1.54) is 35.2 Å². The van der Waals surface area contributed by atoms with Gasteiger partial charge in [-0.3, -0.25) is 4.79 Å². The van der Waals surface area contributed by atoms with Crippen LogP contribution in [0.4, 0.5) is 4.39 Å². The van der Waals surface area contributed by atoms with Crippen LogP contribution < -0.4 is 5.32 Å². The van der Waals surface area contributed by atoms with Crippen LogP contribution >= 0.6 is 58.5 Å². The number of nitrogens with one attached hydrogen (secondary N) is 1. The van der Waals surface area contributed by atoms with Crippen LogP contribution in [0.15, 0.2) is 46.8 Å². The second-order valence-electron chi connectivity index (χ2n) is 5.66. The van der Waals surface area contributed by atoms with Crippen molar-refractivity contribution in [2.24, 2.45) is 0 Å². The second-order valence-corrected chi connectivity index (χ2v) is 9.32. The number of halogens is 3. The number of carbonyl (C=O) groups is 1. The zero-order chi connectivity index (χ0) is 20.1. The monoisotopic (exact) mass is 473 g/mol. The Morgan fingerprint density at radius 1 is 1.21 bits per heavy atom. The van der Waals surface area contributed by atoms with Crippen molar-refractivity contribution in [3.05, 3.63) is 67.8 Å². The highest BCUT2D eigenvalue weighted by atomic mass is 35.5. The topological polar surface area (TPSA) is 46.9 Å². The van der Waals surface area contributed by atoms with Gasteiger partial charge < -0.3 is 5.32 Å². The molecule has 28 heavy (non-hydrogen) atoms. The van der Waals surface area contributed by atoms with Gasteiger partial charge in [0.2, 0.25) is 5.91 Å². The molecule has 0 saturated heterocycles. The normalized spacial score (nSPS) is 10.8. The molecule has 0 radical (unpaired) electrons. The van der Waals surface area contributed by atoms with Crippen LogP contribution in [0.25, 0.3) is 5.69 Å². The average molecular weight is 474 g/mol. The van der Waals surface area contributed by atoms with Gasteiger partial charge in [0.05, 0.1) is 21.5 Å². The Bertz CT molecular complexity index is 1040. The highest BCUT2D eigenvalue weighted by Gasteiger charge is 2.10. The van der Waals surface area contributed by atoms with Crippen molar-refractivity contribution in [1.82, 2.24) is 15.1 Å². The Morgan fingerprint density at radius 3 is 2.68 bits per heavy atom. The summed E-state index contributed by atoms with van der Waals surface area (Å²) in [5.74, 6) is -0.145. The molecule has 1 aromatic heterocycles. The van der Waals surface area contributed by atoms with Crippen molar-refractivity contribution in [1.29, 1.82) is 0 Å². The van der Waals surface area contributed by atoms with E-state index < -0.39 is 0 Å². The maximum absolute atomic E-state index is 12.9. The van der Waals surface area contributed by atoms with E-state index in [-0.39, 0.29) is 17.5 Å². The number of amides is 1. The molecule has 0 aliphatic heterocycles. The summed E-state index contributed by atoms with van der Waals surface area (Å²) in [7, 11) is 0. The number of benzene rings is 2. The predicted octanol–water partition coefficient (Wildman–Crippen LogP) is 5.56. The molecule has 0 atom stereocenters. The van der Waals surface area contributed by atoms with Gasteiger partial charge in [-0.1, -0.05) is 58.4 Å². The summed E-state index contributed by atoms with van der Waals surface area (Å²) in [6.45, 7) is 0.485. The zero-order valence-electron chi connectivity index (χ0n) is 14.3.